The van der Waals surface area contributed by atoms with Crippen molar-refractivity contribution in [1.29, 1.82) is 0 Å². The Hall–Kier alpha value is -2.87. The van der Waals surface area contributed by atoms with Gasteiger partial charge >= 0.3 is 6.09 Å². The quantitative estimate of drug-likeness (QED) is 0.520. The first-order valence-corrected chi connectivity index (χ1v) is 8.88. The minimum Gasteiger partial charge on any atom is -0.445 e. The van der Waals surface area contributed by atoms with Crippen LogP contribution < -0.4 is 10.6 Å². The molecule has 0 aliphatic carbocycles. The molecule has 8 nitrogen and oxygen atoms in total. The van der Waals surface area contributed by atoms with Gasteiger partial charge in [-0.15, -0.1) is 0 Å². The summed E-state index contributed by atoms with van der Waals surface area (Å²) < 4.78 is 10.3. The van der Waals surface area contributed by atoms with Crippen LogP contribution in [0.25, 0.3) is 0 Å². The van der Waals surface area contributed by atoms with Gasteiger partial charge in [0.05, 0.1) is 24.7 Å². The van der Waals surface area contributed by atoms with Crippen LogP contribution in [-0.2, 0) is 27.3 Å². The molecule has 1 aromatic heterocycles. The van der Waals surface area contributed by atoms with Crippen LogP contribution in [0.2, 0.25) is 0 Å². The summed E-state index contributed by atoms with van der Waals surface area (Å²) in [6.07, 6.45) is 4.32. The normalized spacial score (nSPS) is 11.6. The maximum atomic E-state index is 12.1. The zero-order valence-electron chi connectivity index (χ0n) is 15.4. The zero-order chi connectivity index (χ0) is 19.3. The molecule has 0 spiro atoms. The molecule has 0 radical (unpaired) electrons. The molecule has 2 rings (SSSR count). The molecule has 1 unspecified atom stereocenters. The highest BCUT2D eigenvalue weighted by Crippen LogP contribution is 2.02. The Morgan fingerprint density at radius 1 is 1.26 bits per heavy atom. The molecule has 2 aromatic rings. The van der Waals surface area contributed by atoms with Gasteiger partial charge in [-0.3, -0.25) is 4.79 Å². The second-order valence-corrected chi connectivity index (χ2v) is 6.08. The number of carbonyl (C=O) groups is 2. The number of nitrogens with one attached hydrogen (secondary N) is 3. The van der Waals surface area contributed by atoms with Gasteiger partial charge in [0.15, 0.2) is 0 Å². The predicted molar refractivity (Wildman–Crippen MR) is 100.0 cm³/mol. The van der Waals surface area contributed by atoms with E-state index >= 15 is 0 Å². The van der Waals surface area contributed by atoms with Gasteiger partial charge in [-0.25, -0.2) is 9.78 Å². The first-order valence-electron chi connectivity index (χ1n) is 8.88. The molecule has 3 N–H and O–H groups in total. The van der Waals surface area contributed by atoms with E-state index in [4.69, 9.17) is 9.47 Å². The first kappa shape index (κ1) is 20.4. The van der Waals surface area contributed by atoms with Gasteiger partial charge in [-0.2, -0.15) is 0 Å². The number of H-pyrrole nitrogens is 1. The van der Waals surface area contributed by atoms with Crippen molar-refractivity contribution in [1.82, 2.24) is 20.6 Å². The van der Waals surface area contributed by atoms with E-state index in [9.17, 15) is 9.59 Å². The smallest absolute Gasteiger partial charge is 0.407 e. The van der Waals surface area contributed by atoms with Gasteiger partial charge in [-0.1, -0.05) is 30.3 Å². The summed E-state index contributed by atoms with van der Waals surface area (Å²) in [7, 11) is 1.59. The molecule has 1 atom stereocenters. The van der Waals surface area contributed by atoms with E-state index in [0.29, 0.717) is 32.4 Å². The Bertz CT molecular complexity index is 676. The Morgan fingerprint density at radius 3 is 2.78 bits per heavy atom. The standard InChI is InChI=1S/C19H26N4O4/c1-26-13-17(10-16-11-20-14-22-16)23-18(24)8-5-9-21-19(25)27-12-15-6-3-2-4-7-15/h2-4,6-7,11,14,17H,5,8-10,12-13H2,1H3,(H,20,22)(H,21,25)(H,23,24). The van der Waals surface area contributed by atoms with Gasteiger partial charge in [-0.05, 0) is 12.0 Å². The Labute approximate surface area is 158 Å². The Balaban J connectivity index is 1.59. The first-order chi connectivity index (χ1) is 13.2. The molecule has 1 heterocycles. The van der Waals surface area contributed by atoms with Crippen molar-refractivity contribution in [3.8, 4) is 0 Å². The van der Waals surface area contributed by atoms with E-state index in [-0.39, 0.29) is 18.6 Å². The summed E-state index contributed by atoms with van der Waals surface area (Å²) in [6.45, 7) is 0.997. The number of imidazole rings is 1. The lowest BCUT2D eigenvalue weighted by molar-refractivity contribution is -0.122. The third-order valence-electron chi connectivity index (χ3n) is 3.81. The number of amides is 2. The molecule has 1 aromatic carbocycles. The molecule has 2 amide bonds. The van der Waals surface area contributed by atoms with Crippen molar-refractivity contribution in [3.63, 3.8) is 0 Å². The van der Waals surface area contributed by atoms with Crippen LogP contribution in [0, 0.1) is 0 Å². The molecule has 0 fully saturated rings. The average Bonchev–Trinajstić information content (AvgIpc) is 3.17. The summed E-state index contributed by atoms with van der Waals surface area (Å²) >= 11 is 0. The van der Waals surface area contributed by atoms with E-state index in [1.54, 1.807) is 19.6 Å². The predicted octanol–water partition coefficient (Wildman–Crippen LogP) is 1.79. The largest absolute Gasteiger partial charge is 0.445 e. The van der Waals surface area contributed by atoms with E-state index in [0.717, 1.165) is 11.3 Å². The van der Waals surface area contributed by atoms with Gasteiger partial charge in [0.25, 0.3) is 0 Å². The van der Waals surface area contributed by atoms with Crippen LogP contribution in [-0.4, -0.2) is 48.3 Å². The summed E-state index contributed by atoms with van der Waals surface area (Å²) in [4.78, 5) is 30.8. The van der Waals surface area contributed by atoms with Crippen LogP contribution in [0.5, 0.6) is 0 Å². The topological polar surface area (TPSA) is 105 Å². The number of alkyl carbamates (subject to hydrolysis) is 1. The fourth-order valence-electron chi connectivity index (χ4n) is 2.52. The average molecular weight is 374 g/mol. The minimum absolute atomic E-state index is 0.0907. The highest BCUT2D eigenvalue weighted by Gasteiger charge is 2.14. The molecule has 0 aliphatic rings. The van der Waals surface area contributed by atoms with Crippen molar-refractivity contribution in [2.75, 3.05) is 20.3 Å². The fraction of sp³-hybridized carbons (Fsp3) is 0.421. The van der Waals surface area contributed by atoms with Crippen molar-refractivity contribution in [2.24, 2.45) is 0 Å². The van der Waals surface area contributed by atoms with Crippen LogP contribution in [0.15, 0.2) is 42.9 Å². The highest BCUT2D eigenvalue weighted by atomic mass is 16.5. The third-order valence-corrected chi connectivity index (χ3v) is 3.81. The summed E-state index contributed by atoms with van der Waals surface area (Å²) in [5, 5.41) is 5.57. The van der Waals surface area contributed by atoms with Crippen LogP contribution in [0.3, 0.4) is 0 Å². The van der Waals surface area contributed by atoms with E-state index in [1.165, 1.54) is 0 Å². The number of ether oxygens (including phenoxy) is 2. The van der Waals surface area contributed by atoms with Crippen molar-refractivity contribution >= 4 is 12.0 Å². The number of aromatic amines is 1. The number of hydrogen-bond donors (Lipinski definition) is 3. The van der Waals surface area contributed by atoms with Gasteiger partial charge < -0.3 is 25.1 Å². The molecule has 8 heteroatoms. The van der Waals surface area contributed by atoms with Crippen molar-refractivity contribution in [3.05, 3.63) is 54.1 Å². The summed E-state index contributed by atoms with van der Waals surface area (Å²) in [6, 6.07) is 9.31. The molecular formula is C19H26N4O4. The van der Waals surface area contributed by atoms with Gasteiger partial charge in [0.1, 0.15) is 6.61 Å². The molecule has 27 heavy (non-hydrogen) atoms. The molecule has 0 saturated carbocycles. The number of hydrogen-bond acceptors (Lipinski definition) is 5. The number of nitrogens with zero attached hydrogens (tertiary/aromatic N) is 1. The lowest BCUT2D eigenvalue weighted by Crippen LogP contribution is -2.40. The SMILES string of the molecule is COCC(Cc1c[nH]cn1)NC(=O)CCCNC(=O)OCc1ccccc1. The molecule has 0 bridgehead atoms. The highest BCUT2D eigenvalue weighted by molar-refractivity contribution is 5.76. The second kappa shape index (κ2) is 11.7. The van der Waals surface area contributed by atoms with Crippen molar-refractivity contribution in [2.45, 2.75) is 31.9 Å². The molecular weight excluding hydrogens is 348 g/mol. The Kier molecular flexibility index (Phi) is 8.85. The summed E-state index contributed by atoms with van der Waals surface area (Å²) in [5.74, 6) is -0.0907. The van der Waals surface area contributed by atoms with E-state index in [2.05, 4.69) is 20.6 Å². The zero-order valence-corrected chi connectivity index (χ0v) is 15.4. The lowest BCUT2D eigenvalue weighted by Gasteiger charge is -2.17. The van der Waals surface area contributed by atoms with E-state index < -0.39 is 6.09 Å². The molecule has 0 saturated heterocycles. The molecule has 146 valence electrons. The fourth-order valence-corrected chi connectivity index (χ4v) is 2.52. The van der Waals surface area contributed by atoms with E-state index in [1.807, 2.05) is 30.3 Å². The maximum absolute atomic E-state index is 12.1. The number of rotatable bonds is 11. The van der Waals surface area contributed by atoms with Crippen molar-refractivity contribution < 1.29 is 19.1 Å². The van der Waals surface area contributed by atoms with Crippen LogP contribution in [0.1, 0.15) is 24.1 Å². The van der Waals surface area contributed by atoms with Gasteiger partial charge in [0.2, 0.25) is 5.91 Å². The minimum atomic E-state index is -0.491. The number of methoxy groups -OCH3 is 1. The number of aromatic nitrogens is 2. The lowest BCUT2D eigenvalue weighted by atomic mass is 10.1. The van der Waals surface area contributed by atoms with Gasteiger partial charge in [0, 0.05) is 32.7 Å². The molecule has 0 aliphatic heterocycles. The summed E-state index contributed by atoms with van der Waals surface area (Å²) in [5.41, 5.74) is 1.79. The monoisotopic (exact) mass is 374 g/mol. The van der Waals surface area contributed by atoms with Crippen LogP contribution >= 0.6 is 0 Å². The number of benzene rings is 1. The van der Waals surface area contributed by atoms with Crippen LogP contribution in [0.4, 0.5) is 4.79 Å². The second-order valence-electron chi connectivity index (χ2n) is 6.08. The maximum Gasteiger partial charge on any atom is 0.407 e. The number of carbonyl (C=O) groups excluding carboxylic acids is 2. The Morgan fingerprint density at radius 2 is 2.07 bits per heavy atom. The third kappa shape index (κ3) is 8.37.